The predicted molar refractivity (Wildman–Crippen MR) is 63.4 cm³/mol. The Labute approximate surface area is 101 Å². The van der Waals surface area contributed by atoms with E-state index in [2.05, 4.69) is 5.32 Å². The van der Waals surface area contributed by atoms with Crippen LogP contribution in [0.2, 0.25) is 0 Å². The average Bonchev–Trinajstić information content (AvgIpc) is 2.09. The Bertz CT molecular complexity index is 293. The molecule has 0 aromatic heterocycles. The van der Waals surface area contributed by atoms with E-state index in [4.69, 9.17) is 10.5 Å². The minimum Gasteiger partial charge on any atom is -0.444 e. The fourth-order valence-corrected chi connectivity index (χ4v) is 1.46. The van der Waals surface area contributed by atoms with Crippen LogP contribution >= 0.6 is 0 Å². The standard InChI is InChI=1S/C11H21N3O3/c1-11(2,3)17-10(16)14-6-8(7-14)9(15)13-5-4-12/h8H,4-7,12H2,1-3H3,(H,13,15). The summed E-state index contributed by atoms with van der Waals surface area (Å²) in [5, 5.41) is 2.70. The predicted octanol–water partition coefficient (Wildman–Crippen LogP) is -0.0718. The zero-order valence-corrected chi connectivity index (χ0v) is 10.7. The third-order valence-corrected chi connectivity index (χ3v) is 2.35. The van der Waals surface area contributed by atoms with Gasteiger partial charge < -0.3 is 20.7 Å². The third kappa shape index (κ3) is 4.22. The molecule has 1 aliphatic heterocycles. The zero-order chi connectivity index (χ0) is 13.1. The number of likely N-dealkylation sites (tertiary alicyclic amines) is 1. The van der Waals surface area contributed by atoms with Gasteiger partial charge in [0.25, 0.3) is 0 Å². The monoisotopic (exact) mass is 243 g/mol. The first-order chi connectivity index (χ1) is 7.83. The molecule has 0 saturated carbocycles. The number of ether oxygens (including phenoxy) is 1. The summed E-state index contributed by atoms with van der Waals surface area (Å²) in [4.78, 5) is 24.6. The van der Waals surface area contributed by atoms with Gasteiger partial charge in [-0.25, -0.2) is 4.79 Å². The molecule has 0 atom stereocenters. The number of carbonyl (C=O) groups is 2. The number of nitrogens with zero attached hydrogens (tertiary/aromatic N) is 1. The highest BCUT2D eigenvalue weighted by Crippen LogP contribution is 2.19. The number of amides is 2. The molecule has 0 aromatic carbocycles. The zero-order valence-electron chi connectivity index (χ0n) is 10.7. The highest BCUT2D eigenvalue weighted by atomic mass is 16.6. The van der Waals surface area contributed by atoms with E-state index < -0.39 is 5.60 Å². The maximum Gasteiger partial charge on any atom is 0.410 e. The van der Waals surface area contributed by atoms with E-state index in [0.29, 0.717) is 26.2 Å². The quantitative estimate of drug-likeness (QED) is 0.726. The van der Waals surface area contributed by atoms with Gasteiger partial charge in [0.2, 0.25) is 5.91 Å². The van der Waals surface area contributed by atoms with Gasteiger partial charge in [-0.3, -0.25) is 4.79 Å². The van der Waals surface area contributed by atoms with Gasteiger partial charge in [-0.05, 0) is 20.8 Å². The maximum atomic E-state index is 11.6. The van der Waals surface area contributed by atoms with Crippen molar-refractivity contribution < 1.29 is 14.3 Å². The van der Waals surface area contributed by atoms with Crippen molar-refractivity contribution in [2.45, 2.75) is 26.4 Å². The summed E-state index contributed by atoms with van der Waals surface area (Å²) in [5.41, 5.74) is 4.79. The lowest BCUT2D eigenvalue weighted by Gasteiger charge is -2.38. The van der Waals surface area contributed by atoms with Crippen molar-refractivity contribution in [3.8, 4) is 0 Å². The van der Waals surface area contributed by atoms with Crippen molar-refractivity contribution in [3.63, 3.8) is 0 Å². The second-order valence-electron chi connectivity index (χ2n) is 5.16. The van der Waals surface area contributed by atoms with Crippen molar-refractivity contribution in [3.05, 3.63) is 0 Å². The molecule has 98 valence electrons. The Hall–Kier alpha value is -1.30. The molecule has 3 N–H and O–H groups in total. The van der Waals surface area contributed by atoms with Gasteiger partial charge in [0.15, 0.2) is 0 Å². The van der Waals surface area contributed by atoms with Crippen LogP contribution in [0.25, 0.3) is 0 Å². The van der Waals surface area contributed by atoms with E-state index in [0.717, 1.165) is 0 Å². The topological polar surface area (TPSA) is 84.7 Å². The highest BCUT2D eigenvalue weighted by Gasteiger charge is 2.37. The molecule has 1 saturated heterocycles. The molecule has 6 nitrogen and oxygen atoms in total. The van der Waals surface area contributed by atoms with Gasteiger partial charge in [0, 0.05) is 26.2 Å². The Morgan fingerprint density at radius 2 is 2.00 bits per heavy atom. The summed E-state index contributed by atoms with van der Waals surface area (Å²) in [6, 6.07) is 0. The smallest absolute Gasteiger partial charge is 0.410 e. The molecule has 6 heteroatoms. The minimum absolute atomic E-state index is 0.0461. The fourth-order valence-electron chi connectivity index (χ4n) is 1.46. The van der Waals surface area contributed by atoms with Crippen LogP contribution in [0.15, 0.2) is 0 Å². The molecular formula is C11H21N3O3. The van der Waals surface area contributed by atoms with Crippen LogP contribution in [0.3, 0.4) is 0 Å². The Kier molecular flexibility index (Phi) is 4.34. The SMILES string of the molecule is CC(C)(C)OC(=O)N1CC(C(=O)NCCN)C1. The van der Waals surface area contributed by atoms with Gasteiger partial charge in [0.05, 0.1) is 5.92 Å². The lowest BCUT2D eigenvalue weighted by molar-refractivity contribution is -0.129. The number of hydrogen-bond donors (Lipinski definition) is 2. The van der Waals surface area contributed by atoms with Crippen LogP contribution in [0.1, 0.15) is 20.8 Å². The van der Waals surface area contributed by atoms with Crippen LogP contribution < -0.4 is 11.1 Å². The molecule has 1 rings (SSSR count). The van der Waals surface area contributed by atoms with E-state index >= 15 is 0 Å². The number of carbonyl (C=O) groups excluding carboxylic acids is 2. The number of nitrogens with one attached hydrogen (secondary N) is 1. The first kappa shape index (κ1) is 13.8. The summed E-state index contributed by atoms with van der Waals surface area (Å²) in [6.07, 6.45) is -0.361. The summed E-state index contributed by atoms with van der Waals surface area (Å²) < 4.78 is 5.19. The molecule has 17 heavy (non-hydrogen) atoms. The van der Waals surface area contributed by atoms with Gasteiger partial charge in [0.1, 0.15) is 5.60 Å². The van der Waals surface area contributed by atoms with Crippen molar-refractivity contribution in [2.75, 3.05) is 26.2 Å². The molecular weight excluding hydrogens is 222 g/mol. The second kappa shape index (κ2) is 5.35. The van der Waals surface area contributed by atoms with Crippen molar-refractivity contribution in [2.24, 2.45) is 11.7 Å². The Morgan fingerprint density at radius 1 is 1.41 bits per heavy atom. The van der Waals surface area contributed by atoms with Crippen molar-refractivity contribution in [1.82, 2.24) is 10.2 Å². The third-order valence-electron chi connectivity index (χ3n) is 2.35. The van der Waals surface area contributed by atoms with E-state index in [1.807, 2.05) is 20.8 Å². The first-order valence-electron chi connectivity index (χ1n) is 5.79. The van der Waals surface area contributed by atoms with Gasteiger partial charge in [-0.1, -0.05) is 0 Å². The molecule has 0 spiro atoms. The summed E-state index contributed by atoms with van der Waals surface area (Å²) in [7, 11) is 0. The summed E-state index contributed by atoms with van der Waals surface area (Å²) in [5.74, 6) is -0.177. The second-order valence-corrected chi connectivity index (χ2v) is 5.16. The normalized spacial score (nSPS) is 16.4. The fraction of sp³-hybridized carbons (Fsp3) is 0.818. The van der Waals surface area contributed by atoms with E-state index in [1.54, 1.807) is 0 Å². The van der Waals surface area contributed by atoms with Crippen molar-refractivity contribution in [1.29, 1.82) is 0 Å². The lowest BCUT2D eigenvalue weighted by Crippen LogP contribution is -2.56. The lowest BCUT2D eigenvalue weighted by atomic mass is 10.00. The van der Waals surface area contributed by atoms with E-state index in [1.165, 1.54) is 4.90 Å². The molecule has 1 aliphatic rings. The number of nitrogens with two attached hydrogens (primary N) is 1. The number of rotatable bonds is 3. The molecule has 0 radical (unpaired) electrons. The molecule has 0 unspecified atom stereocenters. The molecule has 1 fully saturated rings. The maximum absolute atomic E-state index is 11.6. The van der Waals surface area contributed by atoms with Gasteiger partial charge in [-0.2, -0.15) is 0 Å². The minimum atomic E-state index is -0.496. The molecule has 0 aliphatic carbocycles. The van der Waals surface area contributed by atoms with Gasteiger partial charge >= 0.3 is 6.09 Å². The van der Waals surface area contributed by atoms with Crippen LogP contribution in [-0.2, 0) is 9.53 Å². The van der Waals surface area contributed by atoms with Crippen LogP contribution in [-0.4, -0.2) is 48.7 Å². The molecule has 2 amide bonds. The van der Waals surface area contributed by atoms with Crippen LogP contribution in [0.4, 0.5) is 4.79 Å². The molecule has 0 bridgehead atoms. The average molecular weight is 243 g/mol. The molecule has 1 heterocycles. The molecule has 0 aromatic rings. The Morgan fingerprint density at radius 3 is 2.47 bits per heavy atom. The van der Waals surface area contributed by atoms with Crippen molar-refractivity contribution >= 4 is 12.0 Å². The van der Waals surface area contributed by atoms with E-state index in [-0.39, 0.29) is 17.9 Å². The first-order valence-corrected chi connectivity index (χ1v) is 5.79. The summed E-state index contributed by atoms with van der Waals surface area (Å²) in [6.45, 7) is 7.19. The largest absolute Gasteiger partial charge is 0.444 e. The van der Waals surface area contributed by atoms with Gasteiger partial charge in [-0.15, -0.1) is 0 Å². The Balaban J connectivity index is 2.27. The number of hydrogen-bond acceptors (Lipinski definition) is 4. The van der Waals surface area contributed by atoms with Crippen LogP contribution in [0.5, 0.6) is 0 Å². The highest BCUT2D eigenvalue weighted by molar-refractivity contribution is 5.82. The van der Waals surface area contributed by atoms with E-state index in [9.17, 15) is 9.59 Å². The summed E-state index contributed by atoms with van der Waals surface area (Å²) >= 11 is 0. The van der Waals surface area contributed by atoms with Crippen LogP contribution in [0, 0.1) is 5.92 Å².